The van der Waals surface area contributed by atoms with Crippen molar-refractivity contribution in [3.05, 3.63) is 29.6 Å². The van der Waals surface area contributed by atoms with Crippen LogP contribution in [0.5, 0.6) is 5.75 Å². The minimum absolute atomic E-state index is 0.0221. The van der Waals surface area contributed by atoms with Crippen LogP contribution in [0.15, 0.2) is 18.2 Å². The van der Waals surface area contributed by atoms with E-state index in [4.69, 9.17) is 0 Å². The van der Waals surface area contributed by atoms with E-state index in [2.05, 4.69) is 5.32 Å². The molecule has 4 nitrogen and oxygen atoms in total. The third-order valence-corrected chi connectivity index (χ3v) is 3.88. The molecule has 0 aromatic heterocycles. The summed E-state index contributed by atoms with van der Waals surface area (Å²) in [5.74, 6) is -0.341. The van der Waals surface area contributed by atoms with Gasteiger partial charge in [0.1, 0.15) is 11.6 Å². The number of phenolic OH excluding ortho intramolecular Hbond substituents is 1. The van der Waals surface area contributed by atoms with Gasteiger partial charge < -0.3 is 15.3 Å². The number of nitrogens with zero attached hydrogens (tertiary/aromatic N) is 1. The fourth-order valence-corrected chi connectivity index (χ4v) is 2.69. The van der Waals surface area contributed by atoms with Crippen molar-refractivity contribution in [1.82, 2.24) is 10.2 Å². The number of aromatic hydroxyl groups is 1. The molecule has 1 unspecified atom stereocenters. The minimum Gasteiger partial charge on any atom is -0.508 e. The molecule has 2 N–H and O–H groups in total. The Balaban J connectivity index is 1.92. The van der Waals surface area contributed by atoms with E-state index in [-0.39, 0.29) is 17.7 Å². The number of piperidine rings is 1. The summed E-state index contributed by atoms with van der Waals surface area (Å²) in [5.41, 5.74) is 0.695. The maximum absolute atomic E-state index is 13.0. The second-order valence-corrected chi connectivity index (χ2v) is 5.37. The zero-order chi connectivity index (χ0) is 14.7. The molecule has 0 spiro atoms. The maximum atomic E-state index is 13.0. The molecule has 1 saturated heterocycles. The first-order valence-electron chi connectivity index (χ1n) is 6.97. The van der Waals surface area contributed by atoms with E-state index in [1.54, 1.807) is 13.0 Å². The van der Waals surface area contributed by atoms with Crippen LogP contribution in [-0.2, 0) is 4.79 Å². The number of nitrogens with one attached hydrogen (secondary N) is 1. The Morgan fingerprint density at radius 2 is 2.10 bits per heavy atom. The Bertz CT molecular complexity index is 485. The average Bonchev–Trinajstić information content (AvgIpc) is 2.39. The molecule has 0 radical (unpaired) electrons. The molecule has 1 fully saturated rings. The third-order valence-electron chi connectivity index (χ3n) is 3.88. The van der Waals surface area contributed by atoms with Crippen molar-refractivity contribution in [2.45, 2.75) is 38.8 Å². The maximum Gasteiger partial charge on any atom is 0.219 e. The second kappa shape index (κ2) is 6.22. The highest BCUT2D eigenvalue weighted by Gasteiger charge is 2.22. The summed E-state index contributed by atoms with van der Waals surface area (Å²) < 4.78 is 13.0. The number of benzene rings is 1. The lowest BCUT2D eigenvalue weighted by molar-refractivity contribution is -0.129. The molecule has 0 bridgehead atoms. The number of phenols is 1. The monoisotopic (exact) mass is 280 g/mol. The smallest absolute Gasteiger partial charge is 0.219 e. The lowest BCUT2D eigenvalue weighted by Gasteiger charge is -2.33. The number of carbonyl (C=O) groups excluding carboxylic acids is 1. The van der Waals surface area contributed by atoms with Crippen LogP contribution in [0.3, 0.4) is 0 Å². The van der Waals surface area contributed by atoms with E-state index in [9.17, 15) is 14.3 Å². The molecule has 5 heteroatoms. The van der Waals surface area contributed by atoms with Crippen LogP contribution >= 0.6 is 0 Å². The molecule has 1 aliphatic heterocycles. The summed E-state index contributed by atoms with van der Waals surface area (Å²) in [6.45, 7) is 5.06. The van der Waals surface area contributed by atoms with Gasteiger partial charge in [0.15, 0.2) is 0 Å². The van der Waals surface area contributed by atoms with E-state index in [1.807, 2.05) is 11.8 Å². The predicted molar refractivity (Wildman–Crippen MR) is 74.9 cm³/mol. The zero-order valence-electron chi connectivity index (χ0n) is 11.9. The summed E-state index contributed by atoms with van der Waals surface area (Å²) in [4.78, 5) is 13.1. The molecule has 1 aliphatic rings. The van der Waals surface area contributed by atoms with Gasteiger partial charge in [0.2, 0.25) is 5.91 Å². The van der Waals surface area contributed by atoms with Crippen LogP contribution in [0.1, 0.15) is 38.3 Å². The van der Waals surface area contributed by atoms with Gasteiger partial charge in [-0.05, 0) is 25.8 Å². The van der Waals surface area contributed by atoms with E-state index in [1.165, 1.54) is 6.07 Å². The van der Waals surface area contributed by atoms with Crippen LogP contribution in [0, 0.1) is 5.82 Å². The first-order chi connectivity index (χ1) is 9.47. The van der Waals surface area contributed by atoms with Crippen LogP contribution in [-0.4, -0.2) is 35.0 Å². The van der Waals surface area contributed by atoms with E-state index >= 15 is 0 Å². The molecule has 2 rings (SSSR count). The van der Waals surface area contributed by atoms with Crippen LogP contribution < -0.4 is 5.32 Å². The fraction of sp³-hybridized carbons (Fsp3) is 0.533. The quantitative estimate of drug-likeness (QED) is 0.892. The number of amides is 1. The highest BCUT2D eigenvalue weighted by molar-refractivity contribution is 5.73. The van der Waals surface area contributed by atoms with Gasteiger partial charge in [0.05, 0.1) is 0 Å². The topological polar surface area (TPSA) is 52.6 Å². The standard InChI is InChI=1S/C15H21FN2O2/c1-10(14-4-3-12(16)9-15(14)20)17-13-5-7-18(8-6-13)11(2)19/h3-4,9-10,13,17,20H,5-8H2,1-2H3. The van der Waals surface area contributed by atoms with Gasteiger partial charge in [-0.15, -0.1) is 0 Å². The summed E-state index contributed by atoms with van der Waals surface area (Å²) >= 11 is 0. The van der Waals surface area contributed by atoms with Crippen molar-refractivity contribution in [3.63, 3.8) is 0 Å². The first kappa shape index (κ1) is 14.8. The molecular formula is C15H21FN2O2. The zero-order valence-corrected chi connectivity index (χ0v) is 11.9. The molecule has 110 valence electrons. The summed E-state index contributed by atoms with van der Waals surface area (Å²) in [5, 5.41) is 13.2. The Hall–Kier alpha value is -1.62. The molecular weight excluding hydrogens is 259 g/mol. The van der Waals surface area contributed by atoms with Gasteiger partial charge >= 0.3 is 0 Å². The number of hydrogen-bond donors (Lipinski definition) is 2. The molecule has 1 aromatic carbocycles. The molecule has 0 saturated carbocycles. The number of carbonyl (C=O) groups is 1. The molecule has 1 atom stereocenters. The lowest BCUT2D eigenvalue weighted by Crippen LogP contribution is -2.44. The van der Waals surface area contributed by atoms with Gasteiger partial charge in [-0.25, -0.2) is 4.39 Å². The largest absolute Gasteiger partial charge is 0.508 e. The average molecular weight is 280 g/mol. The highest BCUT2D eigenvalue weighted by Crippen LogP contribution is 2.26. The SMILES string of the molecule is CC(=O)N1CCC(NC(C)c2ccc(F)cc2O)CC1. The van der Waals surface area contributed by atoms with Gasteiger partial charge in [-0.2, -0.15) is 0 Å². The van der Waals surface area contributed by atoms with E-state index in [0.717, 1.165) is 32.0 Å². The number of rotatable bonds is 3. The molecule has 1 amide bonds. The van der Waals surface area contributed by atoms with Gasteiger partial charge in [-0.3, -0.25) is 4.79 Å². The fourth-order valence-electron chi connectivity index (χ4n) is 2.69. The van der Waals surface area contributed by atoms with Gasteiger partial charge in [-0.1, -0.05) is 6.07 Å². The van der Waals surface area contributed by atoms with Crippen LogP contribution in [0.4, 0.5) is 4.39 Å². The number of hydrogen-bond acceptors (Lipinski definition) is 3. The normalized spacial score (nSPS) is 18.1. The predicted octanol–water partition coefficient (Wildman–Crippen LogP) is 2.19. The van der Waals surface area contributed by atoms with Crippen LogP contribution in [0.25, 0.3) is 0 Å². The van der Waals surface area contributed by atoms with Crippen molar-refractivity contribution in [2.75, 3.05) is 13.1 Å². The van der Waals surface area contributed by atoms with Crippen molar-refractivity contribution in [3.8, 4) is 5.75 Å². The summed E-state index contributed by atoms with van der Waals surface area (Å²) in [6, 6.07) is 4.35. The number of likely N-dealkylation sites (tertiary alicyclic amines) is 1. The van der Waals surface area contributed by atoms with Crippen molar-refractivity contribution < 1.29 is 14.3 Å². The Morgan fingerprint density at radius 1 is 1.45 bits per heavy atom. The second-order valence-electron chi connectivity index (χ2n) is 5.37. The minimum atomic E-state index is -0.437. The Labute approximate surface area is 118 Å². The highest BCUT2D eigenvalue weighted by atomic mass is 19.1. The Kier molecular flexibility index (Phi) is 4.60. The molecule has 0 aliphatic carbocycles. The number of halogens is 1. The molecule has 1 aromatic rings. The third kappa shape index (κ3) is 3.48. The van der Waals surface area contributed by atoms with E-state index in [0.29, 0.717) is 11.6 Å². The van der Waals surface area contributed by atoms with Crippen molar-refractivity contribution in [1.29, 1.82) is 0 Å². The van der Waals surface area contributed by atoms with Crippen molar-refractivity contribution >= 4 is 5.91 Å². The molecule has 20 heavy (non-hydrogen) atoms. The van der Waals surface area contributed by atoms with E-state index < -0.39 is 5.82 Å². The Morgan fingerprint density at radius 3 is 2.65 bits per heavy atom. The van der Waals surface area contributed by atoms with Crippen LogP contribution in [0.2, 0.25) is 0 Å². The van der Waals surface area contributed by atoms with Gasteiger partial charge in [0, 0.05) is 43.7 Å². The lowest BCUT2D eigenvalue weighted by atomic mass is 10.0. The summed E-state index contributed by atoms with van der Waals surface area (Å²) in [7, 11) is 0. The first-order valence-corrected chi connectivity index (χ1v) is 6.97. The summed E-state index contributed by atoms with van der Waals surface area (Å²) in [6.07, 6.45) is 1.79. The molecule has 1 heterocycles. The van der Waals surface area contributed by atoms with Crippen molar-refractivity contribution in [2.24, 2.45) is 0 Å². The van der Waals surface area contributed by atoms with Gasteiger partial charge in [0.25, 0.3) is 0 Å².